The summed E-state index contributed by atoms with van der Waals surface area (Å²) in [6.45, 7) is 2.66. The van der Waals surface area contributed by atoms with Gasteiger partial charge in [-0.15, -0.1) is 0 Å². The molecule has 78 valence electrons. The van der Waals surface area contributed by atoms with Gasteiger partial charge in [0.2, 0.25) is 0 Å². The zero-order valence-corrected chi connectivity index (χ0v) is 11.3. The van der Waals surface area contributed by atoms with Crippen molar-refractivity contribution in [3.8, 4) is 0 Å². The van der Waals surface area contributed by atoms with Gasteiger partial charge in [0.25, 0.3) is 0 Å². The van der Waals surface area contributed by atoms with E-state index in [0.29, 0.717) is 6.54 Å². The molecule has 0 unspecified atom stereocenters. The average Bonchev–Trinajstić information content (AvgIpc) is 2.45. The Kier molecular flexibility index (Phi) is 3.21. The van der Waals surface area contributed by atoms with Crippen LogP contribution in [-0.2, 0) is 6.54 Å². The van der Waals surface area contributed by atoms with Gasteiger partial charge in [-0.05, 0) is 50.9 Å². The fourth-order valence-electron chi connectivity index (χ4n) is 1.32. The van der Waals surface area contributed by atoms with E-state index < -0.39 is 0 Å². The first kappa shape index (κ1) is 10.8. The summed E-state index contributed by atoms with van der Waals surface area (Å²) in [5.74, 6) is 0. The monoisotopic (exact) mass is 329 g/mol. The maximum atomic E-state index is 4.42. The summed E-state index contributed by atoms with van der Waals surface area (Å²) in [5, 5.41) is 4.28. The number of hydrogen-bond donors (Lipinski definition) is 0. The zero-order chi connectivity index (χ0) is 10.8. The molecule has 0 amide bonds. The second kappa shape index (κ2) is 4.45. The largest absolute Gasteiger partial charge is 0.256 e. The van der Waals surface area contributed by atoms with Gasteiger partial charge in [0, 0.05) is 11.8 Å². The van der Waals surface area contributed by atoms with Crippen molar-refractivity contribution in [3.63, 3.8) is 0 Å². The summed E-state index contributed by atoms with van der Waals surface area (Å²) in [6.07, 6.45) is 0. The van der Waals surface area contributed by atoms with Crippen molar-refractivity contribution in [3.05, 3.63) is 44.9 Å². The first-order chi connectivity index (χ1) is 7.15. The Balaban J connectivity index is 2.25. The van der Waals surface area contributed by atoms with Crippen LogP contribution >= 0.6 is 31.9 Å². The fraction of sp³-hybridized carbons (Fsp3) is 0.200. The van der Waals surface area contributed by atoms with Crippen LogP contribution in [0.4, 0.5) is 0 Å². The summed E-state index contributed by atoms with van der Waals surface area (Å²) in [4.78, 5) is 4.42. The van der Waals surface area contributed by atoms with Crippen molar-refractivity contribution < 1.29 is 0 Å². The van der Waals surface area contributed by atoms with Gasteiger partial charge in [-0.3, -0.25) is 9.67 Å². The predicted molar refractivity (Wildman–Crippen MR) is 65.7 cm³/mol. The minimum absolute atomic E-state index is 0.674. The highest BCUT2D eigenvalue weighted by Gasteiger charge is 2.04. The van der Waals surface area contributed by atoms with Gasteiger partial charge in [0.15, 0.2) is 0 Å². The highest BCUT2D eigenvalue weighted by Crippen LogP contribution is 2.17. The van der Waals surface area contributed by atoms with E-state index in [1.165, 1.54) is 0 Å². The minimum atomic E-state index is 0.674. The lowest BCUT2D eigenvalue weighted by Crippen LogP contribution is -2.04. The first-order valence-electron chi connectivity index (χ1n) is 4.46. The molecule has 2 aromatic heterocycles. The molecular weight excluding hydrogens is 322 g/mol. The van der Waals surface area contributed by atoms with Crippen molar-refractivity contribution in [2.45, 2.75) is 13.5 Å². The molecule has 2 heterocycles. The third-order valence-corrected chi connectivity index (χ3v) is 2.98. The van der Waals surface area contributed by atoms with Gasteiger partial charge in [-0.25, -0.2) is 0 Å². The maximum Gasteiger partial charge on any atom is 0.129 e. The van der Waals surface area contributed by atoms with Crippen molar-refractivity contribution in [1.82, 2.24) is 14.8 Å². The fourth-order valence-corrected chi connectivity index (χ4v) is 2.45. The molecule has 3 nitrogen and oxygen atoms in total. The van der Waals surface area contributed by atoms with Crippen molar-refractivity contribution >= 4 is 31.9 Å². The maximum absolute atomic E-state index is 4.42. The molecule has 0 bridgehead atoms. The summed E-state index contributed by atoms with van der Waals surface area (Å²) in [5.41, 5.74) is 2.03. The molecule has 0 saturated carbocycles. The lowest BCUT2D eigenvalue weighted by Gasteiger charge is -2.03. The average molecular weight is 331 g/mol. The van der Waals surface area contributed by atoms with E-state index in [0.717, 1.165) is 20.6 Å². The minimum Gasteiger partial charge on any atom is -0.256 e. The van der Waals surface area contributed by atoms with Gasteiger partial charge >= 0.3 is 0 Å². The molecule has 0 radical (unpaired) electrons. The Labute approximate surface area is 105 Å². The molecule has 0 aliphatic rings. The van der Waals surface area contributed by atoms with Crippen LogP contribution in [0.25, 0.3) is 0 Å². The molecule has 2 rings (SSSR count). The van der Waals surface area contributed by atoms with E-state index in [1.54, 1.807) is 0 Å². The van der Waals surface area contributed by atoms with Crippen molar-refractivity contribution in [2.75, 3.05) is 0 Å². The Morgan fingerprint density at radius 2 is 2.13 bits per heavy atom. The lowest BCUT2D eigenvalue weighted by molar-refractivity contribution is 0.653. The second-order valence-corrected chi connectivity index (χ2v) is 4.84. The quantitative estimate of drug-likeness (QED) is 0.846. The number of hydrogen-bond acceptors (Lipinski definition) is 2. The summed E-state index contributed by atoms with van der Waals surface area (Å²) in [6, 6.07) is 7.90. The van der Waals surface area contributed by atoms with Crippen LogP contribution in [0, 0.1) is 6.92 Å². The summed E-state index contributed by atoms with van der Waals surface area (Å²) < 4.78 is 3.62. The Morgan fingerprint density at radius 1 is 1.33 bits per heavy atom. The number of aryl methyl sites for hydroxylation is 1. The standard InChI is InChI=1S/C10H9Br2N3/c1-7-3-2-4-8(13-7)6-15-10(12)5-9(11)14-15/h2-5H,6H2,1H3. The molecule has 0 saturated heterocycles. The van der Waals surface area contributed by atoms with E-state index >= 15 is 0 Å². The Morgan fingerprint density at radius 3 is 2.73 bits per heavy atom. The third kappa shape index (κ3) is 2.66. The van der Waals surface area contributed by atoms with Gasteiger partial charge in [0.05, 0.1) is 12.2 Å². The number of halogens is 2. The second-order valence-electron chi connectivity index (χ2n) is 3.22. The molecule has 0 aromatic carbocycles. The smallest absolute Gasteiger partial charge is 0.129 e. The number of aromatic nitrogens is 3. The van der Waals surface area contributed by atoms with E-state index in [9.17, 15) is 0 Å². The molecular formula is C10H9Br2N3. The highest BCUT2D eigenvalue weighted by atomic mass is 79.9. The van der Waals surface area contributed by atoms with Crippen molar-refractivity contribution in [2.24, 2.45) is 0 Å². The molecule has 0 spiro atoms. The van der Waals surface area contributed by atoms with Crippen LogP contribution in [0.2, 0.25) is 0 Å². The number of pyridine rings is 1. The molecule has 2 aromatic rings. The molecule has 0 aliphatic carbocycles. The van der Waals surface area contributed by atoms with Crippen LogP contribution in [0.3, 0.4) is 0 Å². The summed E-state index contributed by atoms with van der Waals surface area (Å²) >= 11 is 6.76. The molecule has 0 fully saturated rings. The van der Waals surface area contributed by atoms with Crippen LogP contribution in [0.5, 0.6) is 0 Å². The SMILES string of the molecule is Cc1cccc(Cn2nc(Br)cc2Br)n1. The zero-order valence-electron chi connectivity index (χ0n) is 8.11. The molecule has 0 N–H and O–H groups in total. The summed E-state index contributed by atoms with van der Waals surface area (Å²) in [7, 11) is 0. The van der Waals surface area contributed by atoms with Crippen LogP contribution in [0.1, 0.15) is 11.4 Å². The predicted octanol–water partition coefficient (Wildman–Crippen LogP) is 3.16. The van der Waals surface area contributed by atoms with Gasteiger partial charge in [-0.2, -0.15) is 5.10 Å². The van der Waals surface area contributed by atoms with E-state index in [4.69, 9.17) is 0 Å². The number of rotatable bonds is 2. The Hall–Kier alpha value is -0.680. The molecule has 15 heavy (non-hydrogen) atoms. The van der Waals surface area contributed by atoms with Gasteiger partial charge in [-0.1, -0.05) is 6.07 Å². The number of nitrogens with zero attached hydrogens (tertiary/aromatic N) is 3. The normalized spacial score (nSPS) is 10.6. The molecule has 0 aliphatic heterocycles. The Bertz CT molecular complexity index is 479. The van der Waals surface area contributed by atoms with Crippen LogP contribution in [0.15, 0.2) is 33.5 Å². The van der Waals surface area contributed by atoms with Gasteiger partial charge in [0.1, 0.15) is 9.21 Å². The van der Waals surface area contributed by atoms with E-state index in [2.05, 4.69) is 41.9 Å². The van der Waals surface area contributed by atoms with Crippen LogP contribution < -0.4 is 0 Å². The lowest BCUT2D eigenvalue weighted by atomic mass is 10.3. The van der Waals surface area contributed by atoms with Gasteiger partial charge < -0.3 is 0 Å². The van der Waals surface area contributed by atoms with E-state index in [-0.39, 0.29) is 0 Å². The van der Waals surface area contributed by atoms with Crippen molar-refractivity contribution in [1.29, 1.82) is 0 Å². The topological polar surface area (TPSA) is 30.7 Å². The molecule has 5 heteroatoms. The first-order valence-corrected chi connectivity index (χ1v) is 6.05. The van der Waals surface area contributed by atoms with E-state index in [1.807, 2.05) is 35.9 Å². The third-order valence-electron chi connectivity index (χ3n) is 1.96. The molecule has 0 atom stereocenters. The highest BCUT2D eigenvalue weighted by molar-refractivity contribution is 9.11. The van der Waals surface area contributed by atoms with Crippen LogP contribution in [-0.4, -0.2) is 14.8 Å².